The molecule has 92 valence electrons. The molecule has 0 saturated heterocycles. The number of carbonyl (C=O) groups is 1. The molecule has 2 rings (SSSR count). The predicted molar refractivity (Wildman–Crippen MR) is 70.5 cm³/mol. The summed E-state index contributed by atoms with van der Waals surface area (Å²) < 4.78 is 0. The minimum Gasteiger partial charge on any atom is -0.295 e. The smallest absolute Gasteiger partial charge is 0.159 e. The molecule has 1 saturated carbocycles. The van der Waals surface area contributed by atoms with Crippen molar-refractivity contribution in [3.8, 4) is 0 Å². The van der Waals surface area contributed by atoms with E-state index in [4.69, 9.17) is 5.53 Å². The van der Waals surface area contributed by atoms with Crippen molar-refractivity contribution in [3.63, 3.8) is 0 Å². The third-order valence-electron chi connectivity index (χ3n) is 3.23. The molecular formula is C14H15N3O. The van der Waals surface area contributed by atoms with Crippen molar-refractivity contribution in [1.29, 1.82) is 0 Å². The van der Waals surface area contributed by atoms with Gasteiger partial charge in [0.2, 0.25) is 0 Å². The highest BCUT2D eigenvalue weighted by molar-refractivity contribution is 6.03. The van der Waals surface area contributed by atoms with Crippen LogP contribution in [0.4, 0.5) is 0 Å². The number of ketones is 1. The van der Waals surface area contributed by atoms with Crippen LogP contribution in [0.5, 0.6) is 0 Å². The number of azide groups is 1. The molecule has 1 unspecified atom stereocenters. The van der Waals surface area contributed by atoms with Crippen molar-refractivity contribution >= 4 is 11.5 Å². The molecule has 0 bridgehead atoms. The molecule has 0 radical (unpaired) electrons. The van der Waals surface area contributed by atoms with E-state index in [9.17, 15) is 4.79 Å². The van der Waals surface area contributed by atoms with Crippen LogP contribution in [0, 0.1) is 5.92 Å². The Morgan fingerprint density at radius 2 is 2.11 bits per heavy atom. The van der Waals surface area contributed by atoms with Gasteiger partial charge in [0.15, 0.2) is 5.78 Å². The molecule has 1 aliphatic carbocycles. The van der Waals surface area contributed by atoms with Crippen molar-refractivity contribution in [3.05, 3.63) is 51.9 Å². The summed E-state index contributed by atoms with van der Waals surface area (Å²) in [4.78, 5) is 14.9. The maximum Gasteiger partial charge on any atom is 0.159 e. The van der Waals surface area contributed by atoms with Gasteiger partial charge in [-0.15, -0.1) is 0 Å². The van der Waals surface area contributed by atoms with Crippen LogP contribution in [0.25, 0.3) is 16.1 Å². The van der Waals surface area contributed by atoms with E-state index in [1.165, 1.54) is 0 Å². The van der Waals surface area contributed by atoms with Gasteiger partial charge in [0, 0.05) is 16.9 Å². The first-order chi connectivity index (χ1) is 8.72. The van der Waals surface area contributed by atoms with Crippen molar-refractivity contribution in [2.75, 3.05) is 0 Å². The summed E-state index contributed by atoms with van der Waals surface area (Å²) in [6, 6.07) is 9.37. The lowest BCUT2D eigenvalue weighted by Gasteiger charge is -2.21. The summed E-state index contributed by atoms with van der Waals surface area (Å²) in [6.45, 7) is 2.12. The Balaban J connectivity index is 2.52. The molecule has 1 aromatic rings. The fourth-order valence-electron chi connectivity index (χ4n) is 2.25. The Hall–Kier alpha value is -2.06. The minimum atomic E-state index is 0.111. The first kappa shape index (κ1) is 12.4. The van der Waals surface area contributed by atoms with Crippen LogP contribution in [-0.2, 0) is 4.79 Å². The Morgan fingerprint density at radius 1 is 1.39 bits per heavy atom. The normalized spacial score (nSPS) is 22.3. The summed E-state index contributed by atoms with van der Waals surface area (Å²) >= 11 is 0. The third kappa shape index (κ3) is 2.60. The third-order valence-corrected chi connectivity index (χ3v) is 3.23. The number of benzene rings is 1. The van der Waals surface area contributed by atoms with Crippen molar-refractivity contribution in [2.45, 2.75) is 26.2 Å². The second-order valence-electron chi connectivity index (χ2n) is 4.65. The van der Waals surface area contributed by atoms with E-state index >= 15 is 0 Å². The Kier molecular flexibility index (Phi) is 3.80. The number of hydrogen-bond acceptors (Lipinski definition) is 2. The summed E-state index contributed by atoms with van der Waals surface area (Å²) in [5.41, 5.74) is 10.7. The summed E-state index contributed by atoms with van der Waals surface area (Å²) in [7, 11) is 0. The zero-order chi connectivity index (χ0) is 13.0. The van der Waals surface area contributed by atoms with Crippen LogP contribution < -0.4 is 0 Å². The van der Waals surface area contributed by atoms with Crippen LogP contribution >= 0.6 is 0 Å². The molecule has 1 atom stereocenters. The lowest BCUT2D eigenvalue weighted by Crippen LogP contribution is -2.16. The molecule has 1 aromatic carbocycles. The zero-order valence-electron chi connectivity index (χ0n) is 10.3. The van der Waals surface area contributed by atoms with Gasteiger partial charge in [-0.3, -0.25) is 4.79 Å². The maximum absolute atomic E-state index is 12.0. The van der Waals surface area contributed by atoms with Gasteiger partial charge in [-0.2, -0.15) is 0 Å². The van der Waals surface area contributed by atoms with Crippen molar-refractivity contribution < 1.29 is 4.79 Å². The average molecular weight is 241 g/mol. The number of allylic oxidation sites excluding steroid dienone is 1. The summed E-state index contributed by atoms with van der Waals surface area (Å²) in [5.74, 6) is 0.574. The van der Waals surface area contributed by atoms with Gasteiger partial charge >= 0.3 is 0 Å². The fourth-order valence-corrected chi connectivity index (χ4v) is 2.25. The molecule has 0 spiro atoms. The number of rotatable bonds is 2. The molecule has 0 aromatic heterocycles. The zero-order valence-corrected chi connectivity index (χ0v) is 10.3. The minimum absolute atomic E-state index is 0.111. The Morgan fingerprint density at radius 3 is 2.78 bits per heavy atom. The van der Waals surface area contributed by atoms with Gasteiger partial charge in [0.1, 0.15) is 0 Å². The molecular weight excluding hydrogens is 226 g/mol. The lowest BCUT2D eigenvalue weighted by molar-refractivity contribution is -0.116. The van der Waals surface area contributed by atoms with E-state index in [1.54, 1.807) is 0 Å². The number of Topliss-reactive ketones (excluding diaryl/α,β-unsaturated/α-hetero) is 1. The van der Waals surface area contributed by atoms with Gasteiger partial charge in [0.05, 0.1) is 5.70 Å². The van der Waals surface area contributed by atoms with E-state index < -0.39 is 0 Å². The van der Waals surface area contributed by atoms with Gasteiger partial charge in [-0.25, -0.2) is 0 Å². The molecule has 18 heavy (non-hydrogen) atoms. The van der Waals surface area contributed by atoms with Gasteiger partial charge in [-0.1, -0.05) is 42.4 Å². The van der Waals surface area contributed by atoms with Crippen LogP contribution in [-0.4, -0.2) is 5.78 Å². The lowest BCUT2D eigenvalue weighted by atomic mass is 9.84. The summed E-state index contributed by atoms with van der Waals surface area (Å²) in [5, 5.41) is 3.74. The van der Waals surface area contributed by atoms with E-state index in [2.05, 4.69) is 16.9 Å². The van der Waals surface area contributed by atoms with Crippen molar-refractivity contribution in [1.82, 2.24) is 0 Å². The average Bonchev–Trinajstić information content (AvgIpc) is 2.40. The van der Waals surface area contributed by atoms with Crippen LogP contribution in [0.1, 0.15) is 31.7 Å². The number of carbonyl (C=O) groups excluding carboxylic acids is 1. The monoisotopic (exact) mass is 241 g/mol. The highest BCUT2D eigenvalue weighted by Crippen LogP contribution is 2.32. The second-order valence-corrected chi connectivity index (χ2v) is 4.65. The van der Waals surface area contributed by atoms with Crippen LogP contribution in [0.3, 0.4) is 0 Å². The quantitative estimate of drug-likeness (QED) is 0.332. The van der Waals surface area contributed by atoms with Crippen LogP contribution in [0.15, 0.2) is 41.0 Å². The fraction of sp³-hybridized carbons (Fsp3) is 0.357. The Bertz CT molecular complexity index is 527. The molecule has 0 aliphatic heterocycles. The topological polar surface area (TPSA) is 65.8 Å². The second kappa shape index (κ2) is 5.52. The van der Waals surface area contributed by atoms with E-state index in [0.29, 0.717) is 30.0 Å². The predicted octanol–water partition coefficient (Wildman–Crippen LogP) is 4.10. The molecule has 1 aliphatic rings. The first-order valence-corrected chi connectivity index (χ1v) is 6.09. The molecule has 0 N–H and O–H groups in total. The SMILES string of the molecule is CC1CCC(=O)C(=C(N=[N+]=[N-])c2ccccc2)C1. The standard InChI is InChI=1S/C14H15N3O/c1-10-7-8-13(18)12(9-10)14(16-17-15)11-5-3-2-4-6-11/h2-6,10H,7-9H2,1H3. The summed E-state index contributed by atoms with van der Waals surface area (Å²) in [6.07, 6.45) is 2.16. The van der Waals surface area contributed by atoms with E-state index in [0.717, 1.165) is 12.0 Å². The van der Waals surface area contributed by atoms with Gasteiger partial charge < -0.3 is 0 Å². The number of nitrogens with zero attached hydrogens (tertiary/aromatic N) is 3. The highest BCUT2D eigenvalue weighted by atomic mass is 16.1. The molecule has 4 heteroatoms. The maximum atomic E-state index is 12.0. The van der Waals surface area contributed by atoms with E-state index in [-0.39, 0.29) is 5.78 Å². The Labute approximate surface area is 106 Å². The van der Waals surface area contributed by atoms with Gasteiger partial charge in [-0.05, 0) is 29.9 Å². The molecule has 0 heterocycles. The van der Waals surface area contributed by atoms with Gasteiger partial charge in [0.25, 0.3) is 0 Å². The largest absolute Gasteiger partial charge is 0.295 e. The highest BCUT2D eigenvalue weighted by Gasteiger charge is 2.23. The molecule has 4 nitrogen and oxygen atoms in total. The molecule has 0 amide bonds. The van der Waals surface area contributed by atoms with E-state index in [1.807, 2.05) is 30.3 Å². The number of hydrogen-bond donors (Lipinski definition) is 0. The van der Waals surface area contributed by atoms with Crippen LogP contribution in [0.2, 0.25) is 0 Å². The first-order valence-electron chi connectivity index (χ1n) is 6.09. The molecule has 1 fully saturated rings. The van der Waals surface area contributed by atoms with Crippen molar-refractivity contribution in [2.24, 2.45) is 11.0 Å².